The topological polar surface area (TPSA) is 17.8 Å². The van der Waals surface area contributed by atoms with Gasteiger partial charge in [-0.3, -0.25) is 4.57 Å². The summed E-state index contributed by atoms with van der Waals surface area (Å²) in [5.74, 6) is 1.57. The number of nitrogens with zero attached hydrogens (tertiary/aromatic N) is 2. The van der Waals surface area contributed by atoms with Crippen LogP contribution >= 0.6 is 27.5 Å². The maximum absolute atomic E-state index is 5.96. The van der Waals surface area contributed by atoms with Gasteiger partial charge in [0.15, 0.2) is 0 Å². The molecule has 1 heterocycles. The fourth-order valence-corrected chi connectivity index (χ4v) is 3.10. The van der Waals surface area contributed by atoms with Crippen molar-refractivity contribution in [2.45, 2.75) is 20.3 Å². The highest BCUT2D eigenvalue weighted by atomic mass is 79.9. The highest BCUT2D eigenvalue weighted by molar-refractivity contribution is 9.10. The van der Waals surface area contributed by atoms with E-state index in [1.165, 1.54) is 11.1 Å². The minimum absolute atomic E-state index is 0.565. The molecule has 0 aliphatic rings. The summed E-state index contributed by atoms with van der Waals surface area (Å²) < 4.78 is 3.29. The first-order chi connectivity index (χ1) is 10.1. The van der Waals surface area contributed by atoms with Crippen LogP contribution in [0.1, 0.15) is 17.0 Å². The Morgan fingerprint density at radius 1 is 1.14 bits per heavy atom. The van der Waals surface area contributed by atoms with Gasteiger partial charge >= 0.3 is 0 Å². The van der Waals surface area contributed by atoms with Gasteiger partial charge in [0.25, 0.3) is 0 Å². The summed E-state index contributed by atoms with van der Waals surface area (Å²) in [4.78, 5) is 4.75. The molecule has 0 aliphatic carbocycles. The average molecular weight is 364 g/mol. The molecule has 0 fully saturated rings. The van der Waals surface area contributed by atoms with Crippen molar-refractivity contribution in [3.63, 3.8) is 0 Å². The number of benzene rings is 2. The molecule has 0 saturated carbocycles. The van der Waals surface area contributed by atoms with E-state index in [2.05, 4.69) is 70.7 Å². The Balaban J connectivity index is 2.35. The van der Waals surface area contributed by atoms with Crippen molar-refractivity contribution in [1.82, 2.24) is 9.55 Å². The van der Waals surface area contributed by atoms with Gasteiger partial charge in [-0.2, -0.15) is 0 Å². The summed E-state index contributed by atoms with van der Waals surface area (Å²) in [5.41, 5.74) is 5.75. The molecule has 1 aromatic heterocycles. The Labute approximate surface area is 137 Å². The summed E-state index contributed by atoms with van der Waals surface area (Å²) in [5, 5.41) is 0. The molecule has 3 rings (SSSR count). The smallest absolute Gasteiger partial charge is 0.115 e. The quantitative estimate of drug-likeness (QED) is 0.586. The van der Waals surface area contributed by atoms with Crippen LogP contribution in [0, 0.1) is 13.8 Å². The van der Waals surface area contributed by atoms with E-state index >= 15 is 0 Å². The Bertz CT molecular complexity index is 808. The van der Waals surface area contributed by atoms with Crippen molar-refractivity contribution in [3.05, 3.63) is 57.8 Å². The molecule has 4 heteroatoms. The van der Waals surface area contributed by atoms with Crippen LogP contribution < -0.4 is 0 Å². The van der Waals surface area contributed by atoms with Gasteiger partial charge in [0.2, 0.25) is 0 Å². The number of aromatic nitrogens is 2. The summed E-state index contributed by atoms with van der Waals surface area (Å²) >= 11 is 9.53. The SMILES string of the molecule is Cc1ccc2nc(CCCl)n(-c3cc(Br)ccc3C)c2c1. The van der Waals surface area contributed by atoms with Crippen molar-refractivity contribution >= 4 is 38.6 Å². The molecule has 2 nitrogen and oxygen atoms in total. The summed E-state index contributed by atoms with van der Waals surface area (Å²) in [6.07, 6.45) is 0.751. The van der Waals surface area contributed by atoms with Crippen molar-refractivity contribution in [3.8, 4) is 5.69 Å². The van der Waals surface area contributed by atoms with Crippen LogP contribution in [0.5, 0.6) is 0 Å². The lowest BCUT2D eigenvalue weighted by Gasteiger charge is -2.12. The molecule has 0 saturated heterocycles. The fraction of sp³-hybridized carbons (Fsp3) is 0.235. The van der Waals surface area contributed by atoms with E-state index in [0.29, 0.717) is 5.88 Å². The molecule has 0 bridgehead atoms. The Hall–Kier alpha value is -1.32. The van der Waals surface area contributed by atoms with Gasteiger partial charge in [-0.05, 0) is 49.2 Å². The van der Waals surface area contributed by atoms with Crippen LogP contribution in [0.25, 0.3) is 16.7 Å². The molecule has 21 heavy (non-hydrogen) atoms. The number of alkyl halides is 1. The molecule has 3 aromatic rings. The standard InChI is InChI=1S/C17H16BrClN2/c1-11-3-6-14-16(9-11)21(17(20-14)7-8-19)15-10-13(18)5-4-12(15)2/h3-6,9-10H,7-8H2,1-2H3. The lowest BCUT2D eigenvalue weighted by molar-refractivity contribution is 0.906. The molecule has 0 aliphatic heterocycles. The van der Waals surface area contributed by atoms with Crippen LogP contribution in [-0.4, -0.2) is 15.4 Å². The van der Waals surface area contributed by atoms with E-state index in [4.69, 9.17) is 16.6 Å². The number of halogens is 2. The first-order valence-electron chi connectivity index (χ1n) is 6.90. The van der Waals surface area contributed by atoms with E-state index in [9.17, 15) is 0 Å². The van der Waals surface area contributed by atoms with Crippen LogP contribution in [0.4, 0.5) is 0 Å². The highest BCUT2D eigenvalue weighted by Gasteiger charge is 2.14. The van der Waals surface area contributed by atoms with Crippen molar-refractivity contribution in [2.24, 2.45) is 0 Å². The first kappa shape index (κ1) is 14.6. The summed E-state index contributed by atoms with van der Waals surface area (Å²) in [6.45, 7) is 4.22. The van der Waals surface area contributed by atoms with Gasteiger partial charge in [-0.25, -0.2) is 4.98 Å². The maximum Gasteiger partial charge on any atom is 0.115 e. The third-order valence-electron chi connectivity index (χ3n) is 3.61. The van der Waals surface area contributed by atoms with Gasteiger partial charge in [0.05, 0.1) is 16.7 Å². The third kappa shape index (κ3) is 2.72. The van der Waals surface area contributed by atoms with Crippen molar-refractivity contribution in [2.75, 3.05) is 5.88 Å². The normalized spacial score (nSPS) is 11.2. The first-order valence-corrected chi connectivity index (χ1v) is 8.23. The van der Waals surface area contributed by atoms with E-state index in [-0.39, 0.29) is 0 Å². The van der Waals surface area contributed by atoms with Crippen LogP contribution in [0.2, 0.25) is 0 Å². The highest BCUT2D eigenvalue weighted by Crippen LogP contribution is 2.27. The predicted octanol–water partition coefficient (Wildman–Crippen LogP) is 5.19. The monoisotopic (exact) mass is 362 g/mol. The van der Waals surface area contributed by atoms with E-state index in [1.807, 2.05) is 0 Å². The minimum atomic E-state index is 0.565. The molecular weight excluding hydrogens is 348 g/mol. The number of fused-ring (bicyclic) bond motifs is 1. The molecular formula is C17H16BrClN2. The van der Waals surface area contributed by atoms with Gasteiger partial charge in [-0.1, -0.05) is 28.1 Å². The van der Waals surface area contributed by atoms with E-state index in [0.717, 1.165) is 33.4 Å². The van der Waals surface area contributed by atoms with Crippen LogP contribution in [0.15, 0.2) is 40.9 Å². The average Bonchev–Trinajstić information content (AvgIpc) is 2.79. The lowest BCUT2D eigenvalue weighted by atomic mass is 10.1. The summed E-state index contributed by atoms with van der Waals surface area (Å²) in [7, 11) is 0. The summed E-state index contributed by atoms with van der Waals surface area (Å²) in [6, 6.07) is 12.7. The Morgan fingerprint density at radius 3 is 2.71 bits per heavy atom. The second kappa shape index (κ2) is 5.82. The predicted molar refractivity (Wildman–Crippen MR) is 92.7 cm³/mol. The minimum Gasteiger partial charge on any atom is -0.296 e. The second-order valence-corrected chi connectivity index (χ2v) is 6.52. The molecule has 0 unspecified atom stereocenters. The molecule has 0 radical (unpaired) electrons. The zero-order valence-corrected chi connectivity index (χ0v) is 14.4. The van der Waals surface area contributed by atoms with Gasteiger partial charge in [0.1, 0.15) is 5.82 Å². The number of imidazole rings is 1. The van der Waals surface area contributed by atoms with Crippen LogP contribution in [0.3, 0.4) is 0 Å². The Morgan fingerprint density at radius 2 is 1.95 bits per heavy atom. The number of hydrogen-bond donors (Lipinski definition) is 0. The van der Waals surface area contributed by atoms with Crippen molar-refractivity contribution in [1.29, 1.82) is 0 Å². The number of rotatable bonds is 3. The lowest BCUT2D eigenvalue weighted by Crippen LogP contribution is -2.04. The molecule has 0 N–H and O–H groups in total. The maximum atomic E-state index is 5.96. The molecule has 0 spiro atoms. The van der Waals surface area contributed by atoms with Gasteiger partial charge in [0, 0.05) is 16.8 Å². The van der Waals surface area contributed by atoms with Crippen LogP contribution in [-0.2, 0) is 6.42 Å². The third-order valence-corrected chi connectivity index (χ3v) is 4.29. The molecule has 2 aromatic carbocycles. The van der Waals surface area contributed by atoms with E-state index < -0.39 is 0 Å². The van der Waals surface area contributed by atoms with Gasteiger partial charge in [-0.15, -0.1) is 11.6 Å². The largest absolute Gasteiger partial charge is 0.296 e. The van der Waals surface area contributed by atoms with Gasteiger partial charge < -0.3 is 0 Å². The fourth-order valence-electron chi connectivity index (χ4n) is 2.58. The zero-order valence-electron chi connectivity index (χ0n) is 12.0. The Kier molecular flexibility index (Phi) is 4.05. The molecule has 0 amide bonds. The van der Waals surface area contributed by atoms with Crippen molar-refractivity contribution < 1.29 is 0 Å². The number of hydrogen-bond acceptors (Lipinski definition) is 1. The number of aryl methyl sites for hydroxylation is 3. The molecule has 0 atom stereocenters. The zero-order chi connectivity index (χ0) is 15.0. The molecule has 108 valence electrons. The second-order valence-electron chi connectivity index (χ2n) is 5.23. The van der Waals surface area contributed by atoms with E-state index in [1.54, 1.807) is 0 Å².